The van der Waals surface area contributed by atoms with Crippen LogP contribution in [-0.2, 0) is 22.6 Å². The Balaban J connectivity index is 1.07. The van der Waals surface area contributed by atoms with Crippen LogP contribution < -0.4 is 5.32 Å². The molecule has 0 spiro atoms. The number of aliphatic hydroxyl groups is 2. The smallest absolute Gasteiger partial charge is 0.271 e. The number of amides is 1. The maximum absolute atomic E-state index is 13.0. The van der Waals surface area contributed by atoms with Crippen LogP contribution in [0.3, 0.4) is 0 Å². The van der Waals surface area contributed by atoms with Gasteiger partial charge in [0.25, 0.3) is 5.91 Å². The number of benzene rings is 5. The number of para-hydroxylation sites is 2. The second-order valence-corrected chi connectivity index (χ2v) is 13.6. The fourth-order valence-electron chi connectivity index (χ4n) is 6.76. The Hall–Kier alpha value is -5.29. The van der Waals surface area contributed by atoms with E-state index in [0.717, 1.165) is 44.5 Å². The summed E-state index contributed by atoms with van der Waals surface area (Å²) in [7, 11) is 2.01. The number of carbonyl (C=O) groups excluding carboxylic acids is 1. The van der Waals surface area contributed by atoms with Crippen molar-refractivity contribution in [2.75, 3.05) is 13.6 Å². The number of nitrogens with zero attached hydrogens (tertiary/aromatic N) is 3. The molecule has 270 valence electrons. The first kappa shape index (κ1) is 36.1. The van der Waals surface area contributed by atoms with Crippen LogP contribution in [0, 0.1) is 0 Å². The van der Waals surface area contributed by atoms with E-state index in [-0.39, 0.29) is 36.5 Å². The highest BCUT2D eigenvalue weighted by Gasteiger charge is 2.34. The number of hydrogen-bond donors (Lipinski definition) is 3. The third-order valence-electron chi connectivity index (χ3n) is 9.95. The van der Waals surface area contributed by atoms with Crippen LogP contribution in [0.2, 0.25) is 0 Å². The van der Waals surface area contributed by atoms with Gasteiger partial charge in [-0.3, -0.25) is 14.7 Å². The number of carbonyl (C=O) groups is 1. The number of aliphatic hydroxyl groups excluding tert-OH is 2. The predicted octanol–water partition coefficient (Wildman–Crippen LogP) is 7.32. The summed E-state index contributed by atoms with van der Waals surface area (Å²) < 4.78 is 13.3. The van der Waals surface area contributed by atoms with Crippen molar-refractivity contribution >= 4 is 16.9 Å². The minimum atomic E-state index is -0.646. The molecule has 0 radical (unpaired) electrons. The number of nitrogens with one attached hydrogen (secondary N) is 1. The van der Waals surface area contributed by atoms with Crippen molar-refractivity contribution in [3.63, 3.8) is 0 Å². The highest BCUT2D eigenvalue weighted by atomic mass is 16.7. The third kappa shape index (κ3) is 8.68. The molecule has 9 nitrogen and oxygen atoms in total. The van der Waals surface area contributed by atoms with Gasteiger partial charge in [-0.25, -0.2) is 4.98 Å². The van der Waals surface area contributed by atoms with Crippen molar-refractivity contribution in [1.82, 2.24) is 20.2 Å². The van der Waals surface area contributed by atoms with Gasteiger partial charge in [0.2, 0.25) is 0 Å². The standard InChI is InChI=1S/C44H44N4O5/c1-29(42(50)33-11-4-3-5-12-33)48(2)27-37-24-41(32-20-18-30(28-49)19-21-32)53-44(52-37)36-15-9-14-35(23-36)34-13-8-10-31(22-34)25-46-43(51)40-26-45-38-16-6-7-17-39(38)47-40/h3-23,26,29,37,41-42,44,49-50H,24-25,27-28H2,1-2H3,(H,46,51)/t29-,37-,41+,42-,44+/m1/s1. The van der Waals surface area contributed by atoms with E-state index in [2.05, 4.69) is 38.4 Å². The van der Waals surface area contributed by atoms with Gasteiger partial charge in [-0.2, -0.15) is 0 Å². The summed E-state index contributed by atoms with van der Waals surface area (Å²) in [6, 6.07) is 41.2. The van der Waals surface area contributed by atoms with E-state index in [1.54, 1.807) is 0 Å². The molecule has 0 saturated carbocycles. The van der Waals surface area contributed by atoms with Gasteiger partial charge in [-0.05, 0) is 71.6 Å². The minimum absolute atomic E-state index is 0.0217. The maximum atomic E-state index is 13.0. The number of hydrogen-bond acceptors (Lipinski definition) is 8. The molecule has 0 aliphatic carbocycles. The molecule has 1 aliphatic heterocycles. The maximum Gasteiger partial charge on any atom is 0.271 e. The summed E-state index contributed by atoms with van der Waals surface area (Å²) in [5.74, 6) is -0.285. The van der Waals surface area contributed by atoms with Crippen LogP contribution in [0.1, 0.15) is 70.1 Å². The second-order valence-electron chi connectivity index (χ2n) is 13.6. The van der Waals surface area contributed by atoms with E-state index < -0.39 is 12.4 Å². The molecule has 1 saturated heterocycles. The molecule has 0 bridgehead atoms. The average Bonchev–Trinajstić information content (AvgIpc) is 3.22. The SMILES string of the molecule is C[C@H]([C@@H](O)c1ccccc1)N(C)C[C@H]1C[C@@H](c2ccc(CO)cc2)O[C@@H](c2cccc(-c3cccc(CNC(=O)c4cnc5ccccc5n4)c3)c2)O1. The fraction of sp³-hybridized carbons (Fsp3) is 0.250. The highest BCUT2D eigenvalue weighted by Crippen LogP contribution is 2.39. The second kappa shape index (κ2) is 16.6. The van der Waals surface area contributed by atoms with Crippen molar-refractivity contribution in [3.05, 3.63) is 167 Å². The van der Waals surface area contributed by atoms with Crippen LogP contribution in [0.4, 0.5) is 0 Å². The van der Waals surface area contributed by atoms with Crippen LogP contribution >= 0.6 is 0 Å². The zero-order valence-electron chi connectivity index (χ0n) is 29.9. The number of ether oxygens (including phenoxy) is 2. The molecule has 7 rings (SSSR count). The van der Waals surface area contributed by atoms with E-state index in [1.165, 1.54) is 6.20 Å². The number of likely N-dealkylation sites (N-methyl/N-ethyl adjacent to an activating group) is 1. The molecular formula is C44H44N4O5. The van der Waals surface area contributed by atoms with Crippen molar-refractivity contribution in [3.8, 4) is 11.1 Å². The number of aromatic nitrogens is 2. The topological polar surface area (TPSA) is 117 Å². The van der Waals surface area contributed by atoms with Gasteiger partial charge in [-0.1, -0.05) is 103 Å². The Morgan fingerprint density at radius 2 is 1.55 bits per heavy atom. The van der Waals surface area contributed by atoms with Gasteiger partial charge in [0.05, 0.1) is 42.1 Å². The predicted molar refractivity (Wildman–Crippen MR) is 205 cm³/mol. The van der Waals surface area contributed by atoms with Crippen molar-refractivity contribution < 1.29 is 24.5 Å². The molecule has 53 heavy (non-hydrogen) atoms. The summed E-state index contributed by atoms with van der Waals surface area (Å²) in [5.41, 5.74) is 8.24. The van der Waals surface area contributed by atoms with Crippen molar-refractivity contribution in [2.24, 2.45) is 0 Å². The molecule has 3 N–H and O–H groups in total. The zero-order valence-corrected chi connectivity index (χ0v) is 29.9. The lowest BCUT2D eigenvalue weighted by Crippen LogP contribution is -2.43. The Morgan fingerprint density at radius 1 is 0.830 bits per heavy atom. The Morgan fingerprint density at radius 3 is 2.32 bits per heavy atom. The molecule has 9 heteroatoms. The van der Waals surface area contributed by atoms with Gasteiger partial charge in [-0.15, -0.1) is 0 Å². The molecular weight excluding hydrogens is 665 g/mol. The van der Waals surface area contributed by atoms with Crippen LogP contribution in [0.25, 0.3) is 22.2 Å². The summed E-state index contributed by atoms with van der Waals surface area (Å²) in [6.07, 6.45) is 0.426. The highest BCUT2D eigenvalue weighted by molar-refractivity contribution is 5.93. The zero-order chi connectivity index (χ0) is 36.7. The fourth-order valence-corrected chi connectivity index (χ4v) is 6.76. The molecule has 1 amide bonds. The summed E-state index contributed by atoms with van der Waals surface area (Å²) >= 11 is 0. The summed E-state index contributed by atoms with van der Waals surface area (Å²) in [5, 5.41) is 23.7. The Kier molecular flexibility index (Phi) is 11.3. The van der Waals surface area contributed by atoms with Crippen LogP contribution in [0.5, 0.6) is 0 Å². The molecule has 0 unspecified atom stereocenters. The van der Waals surface area contributed by atoms with Crippen LogP contribution in [-0.4, -0.2) is 56.7 Å². The largest absolute Gasteiger partial charge is 0.392 e. The van der Waals surface area contributed by atoms with Gasteiger partial charge < -0.3 is 25.0 Å². The average molecular weight is 709 g/mol. The minimum Gasteiger partial charge on any atom is -0.392 e. The summed E-state index contributed by atoms with van der Waals surface area (Å²) in [6.45, 7) is 2.93. The van der Waals surface area contributed by atoms with Crippen molar-refractivity contribution in [1.29, 1.82) is 0 Å². The third-order valence-corrected chi connectivity index (χ3v) is 9.95. The van der Waals surface area contributed by atoms with Gasteiger partial charge >= 0.3 is 0 Å². The molecule has 2 heterocycles. The lowest BCUT2D eigenvalue weighted by Gasteiger charge is -2.39. The van der Waals surface area contributed by atoms with E-state index >= 15 is 0 Å². The van der Waals surface area contributed by atoms with E-state index in [9.17, 15) is 15.0 Å². The van der Waals surface area contributed by atoms with Gasteiger partial charge in [0.15, 0.2) is 6.29 Å². The quantitative estimate of drug-likeness (QED) is 0.121. The first-order valence-electron chi connectivity index (χ1n) is 18.0. The lowest BCUT2D eigenvalue weighted by molar-refractivity contribution is -0.253. The van der Waals surface area contributed by atoms with E-state index in [0.29, 0.717) is 25.0 Å². The van der Waals surface area contributed by atoms with Gasteiger partial charge in [0, 0.05) is 31.1 Å². The Labute approximate surface area is 309 Å². The molecule has 1 aromatic heterocycles. The molecule has 5 atom stereocenters. The molecule has 6 aromatic rings. The normalized spacial score (nSPS) is 18.5. The van der Waals surface area contributed by atoms with E-state index in [4.69, 9.17) is 9.47 Å². The first-order valence-corrected chi connectivity index (χ1v) is 18.0. The summed E-state index contributed by atoms with van der Waals surface area (Å²) in [4.78, 5) is 23.9. The van der Waals surface area contributed by atoms with Gasteiger partial charge in [0.1, 0.15) is 5.69 Å². The number of rotatable bonds is 12. The monoisotopic (exact) mass is 708 g/mol. The molecule has 1 aliphatic rings. The lowest BCUT2D eigenvalue weighted by atomic mass is 9.97. The molecule has 5 aromatic carbocycles. The molecule has 1 fully saturated rings. The first-order chi connectivity index (χ1) is 25.8. The van der Waals surface area contributed by atoms with Crippen LogP contribution in [0.15, 0.2) is 134 Å². The van der Waals surface area contributed by atoms with E-state index in [1.807, 2.05) is 123 Å². The number of fused-ring (bicyclic) bond motifs is 1. The Bertz CT molecular complexity index is 2140. The van der Waals surface area contributed by atoms with Crippen molar-refractivity contribution in [2.45, 2.75) is 57.1 Å².